The minimum Gasteiger partial charge on any atom is -0.394 e. The molecule has 0 aromatic heterocycles. The van der Waals surface area contributed by atoms with Crippen LogP contribution in [0.15, 0.2) is 29.2 Å². The fourth-order valence-electron chi connectivity index (χ4n) is 1.52. The van der Waals surface area contributed by atoms with E-state index in [1.165, 1.54) is 12.1 Å². The molecular weight excluding hydrogens is 272 g/mol. The van der Waals surface area contributed by atoms with Crippen LogP contribution in [0.2, 0.25) is 0 Å². The molecule has 0 fully saturated rings. The molecule has 0 amide bonds. The Bertz CT molecular complexity index is 438. The molecule has 1 aromatic carbocycles. The summed E-state index contributed by atoms with van der Waals surface area (Å²) in [7, 11) is 0. The van der Waals surface area contributed by atoms with Gasteiger partial charge in [-0.05, 0) is 6.07 Å². The van der Waals surface area contributed by atoms with Gasteiger partial charge in [0.25, 0.3) is 0 Å². The Morgan fingerprint density at radius 1 is 1.11 bits per heavy atom. The molecule has 0 aliphatic heterocycles. The maximum atomic E-state index is 11.9. The number of carbonyl (C=O) groups is 1. The lowest BCUT2D eigenvalue weighted by Gasteiger charge is -2.25. The first kappa shape index (κ1) is 16.1. The Hall–Kier alpha value is -0.960. The molecule has 1 rings (SSSR count). The smallest absolute Gasteiger partial charge is 0.195 e. The highest BCUT2D eigenvalue weighted by atomic mass is 32.1. The molecule has 6 nitrogen and oxygen atoms in total. The molecular formula is C12H16O6S. The van der Waals surface area contributed by atoms with Gasteiger partial charge in [0, 0.05) is 10.5 Å². The zero-order valence-electron chi connectivity index (χ0n) is 9.92. The van der Waals surface area contributed by atoms with Crippen LogP contribution >= 0.6 is 12.6 Å². The second-order valence-corrected chi connectivity index (χ2v) is 4.54. The molecule has 0 radical (unpaired) electrons. The third-order valence-electron chi connectivity index (χ3n) is 2.69. The maximum absolute atomic E-state index is 11.9. The lowest BCUT2D eigenvalue weighted by molar-refractivity contribution is -0.105. The molecule has 0 saturated carbocycles. The summed E-state index contributed by atoms with van der Waals surface area (Å²) in [6.45, 7) is -0.803. The number of Topliss-reactive ketones (excluding diaryl/α,β-unsaturated/α-hetero) is 1. The van der Waals surface area contributed by atoms with Crippen LogP contribution in [0.5, 0.6) is 0 Å². The first-order chi connectivity index (χ1) is 8.90. The highest BCUT2D eigenvalue weighted by molar-refractivity contribution is 7.80. The second-order valence-electron chi connectivity index (χ2n) is 4.06. The summed E-state index contributed by atoms with van der Waals surface area (Å²) in [5.41, 5.74) is 0.0862. The number of benzene rings is 1. The van der Waals surface area contributed by atoms with Crippen LogP contribution in [0.3, 0.4) is 0 Å². The predicted molar refractivity (Wildman–Crippen MR) is 69.1 cm³/mol. The zero-order valence-corrected chi connectivity index (χ0v) is 10.8. The molecule has 5 N–H and O–H groups in total. The molecule has 0 heterocycles. The zero-order chi connectivity index (χ0) is 14.6. The summed E-state index contributed by atoms with van der Waals surface area (Å²) in [5.74, 6) is -0.831. The number of aliphatic hydroxyl groups is 5. The minimum atomic E-state index is -1.93. The van der Waals surface area contributed by atoms with Gasteiger partial charge >= 0.3 is 0 Å². The van der Waals surface area contributed by atoms with Crippen molar-refractivity contribution in [3.05, 3.63) is 29.8 Å². The first-order valence-corrected chi connectivity index (χ1v) is 6.00. The molecule has 4 atom stereocenters. The summed E-state index contributed by atoms with van der Waals surface area (Å²) in [4.78, 5) is 12.2. The van der Waals surface area contributed by atoms with Crippen molar-refractivity contribution in [3.63, 3.8) is 0 Å². The molecule has 0 saturated heterocycles. The van der Waals surface area contributed by atoms with E-state index in [1.807, 2.05) is 0 Å². The highest BCUT2D eigenvalue weighted by Gasteiger charge is 2.34. The van der Waals surface area contributed by atoms with E-state index in [4.69, 9.17) is 10.2 Å². The molecule has 0 aliphatic rings. The van der Waals surface area contributed by atoms with Crippen molar-refractivity contribution < 1.29 is 30.3 Å². The predicted octanol–water partition coefficient (Wildman–Crippen LogP) is -1.41. The van der Waals surface area contributed by atoms with Gasteiger partial charge in [0.15, 0.2) is 5.78 Å². The molecule has 0 aliphatic carbocycles. The number of rotatable bonds is 6. The van der Waals surface area contributed by atoms with E-state index in [0.29, 0.717) is 4.90 Å². The molecule has 7 heteroatoms. The van der Waals surface area contributed by atoms with Crippen LogP contribution < -0.4 is 0 Å². The van der Waals surface area contributed by atoms with Gasteiger partial charge in [-0.2, -0.15) is 0 Å². The number of thiol groups is 1. The van der Waals surface area contributed by atoms with Crippen LogP contribution in [-0.2, 0) is 0 Å². The van der Waals surface area contributed by atoms with Gasteiger partial charge in [0.05, 0.1) is 6.61 Å². The van der Waals surface area contributed by atoms with Crippen LogP contribution in [-0.4, -0.2) is 62.3 Å². The van der Waals surface area contributed by atoms with Gasteiger partial charge in [-0.3, -0.25) is 4.79 Å². The van der Waals surface area contributed by atoms with Gasteiger partial charge < -0.3 is 25.5 Å². The summed E-state index contributed by atoms with van der Waals surface area (Å²) < 4.78 is 0. The van der Waals surface area contributed by atoms with E-state index in [-0.39, 0.29) is 5.56 Å². The van der Waals surface area contributed by atoms with Crippen LogP contribution in [0.1, 0.15) is 10.4 Å². The summed E-state index contributed by atoms with van der Waals surface area (Å²) in [6, 6.07) is 6.15. The van der Waals surface area contributed by atoms with E-state index in [2.05, 4.69) is 12.6 Å². The highest BCUT2D eigenvalue weighted by Crippen LogP contribution is 2.17. The van der Waals surface area contributed by atoms with Crippen molar-refractivity contribution in [1.82, 2.24) is 0 Å². The summed E-state index contributed by atoms with van der Waals surface area (Å²) in [6.07, 6.45) is -7.33. The van der Waals surface area contributed by atoms with E-state index in [0.717, 1.165) is 0 Å². The molecule has 1 aromatic rings. The van der Waals surface area contributed by atoms with Crippen molar-refractivity contribution in [3.8, 4) is 0 Å². The summed E-state index contributed by atoms with van der Waals surface area (Å²) in [5, 5.41) is 46.5. The normalized spacial score (nSPS) is 17.6. The van der Waals surface area contributed by atoms with Crippen LogP contribution in [0, 0.1) is 0 Å². The average Bonchev–Trinajstić information content (AvgIpc) is 2.43. The van der Waals surface area contributed by atoms with Crippen molar-refractivity contribution in [2.24, 2.45) is 0 Å². The Morgan fingerprint density at radius 3 is 2.21 bits per heavy atom. The van der Waals surface area contributed by atoms with Crippen LogP contribution in [0.25, 0.3) is 0 Å². The lowest BCUT2D eigenvalue weighted by atomic mass is 9.96. The fourth-order valence-corrected chi connectivity index (χ4v) is 1.79. The van der Waals surface area contributed by atoms with Gasteiger partial charge in [-0.1, -0.05) is 18.2 Å². The van der Waals surface area contributed by atoms with Crippen LogP contribution in [0.4, 0.5) is 0 Å². The Kier molecular flexibility index (Phi) is 5.92. The number of hydrogen-bond acceptors (Lipinski definition) is 7. The molecule has 0 unspecified atom stereocenters. The topological polar surface area (TPSA) is 118 Å². The molecule has 19 heavy (non-hydrogen) atoms. The standard InChI is InChI=1S/C12H16O6S/c13-5-7(14)10(16)12(18)11(17)9(15)6-3-1-2-4-8(6)19/h1-4,7,10-14,16-19H,5H2/t7-,10+,11+,12+/m1/s1. The quantitative estimate of drug-likeness (QED) is 0.283. The van der Waals surface area contributed by atoms with Crippen molar-refractivity contribution >= 4 is 18.4 Å². The molecule has 0 spiro atoms. The van der Waals surface area contributed by atoms with E-state index in [1.54, 1.807) is 12.1 Å². The Labute approximate surface area is 115 Å². The van der Waals surface area contributed by atoms with Gasteiger partial charge in [0.1, 0.15) is 24.4 Å². The largest absolute Gasteiger partial charge is 0.394 e. The van der Waals surface area contributed by atoms with Gasteiger partial charge in [-0.15, -0.1) is 12.6 Å². The lowest BCUT2D eigenvalue weighted by Crippen LogP contribution is -2.48. The SMILES string of the molecule is O=C(c1ccccc1S)[C@H](O)[C@@H](O)[C@@H](O)[C@H](O)CO. The van der Waals surface area contributed by atoms with Crippen molar-refractivity contribution in [2.75, 3.05) is 6.61 Å². The molecule has 106 valence electrons. The van der Waals surface area contributed by atoms with Crippen molar-refractivity contribution in [2.45, 2.75) is 29.3 Å². The Balaban J connectivity index is 2.86. The third kappa shape index (κ3) is 3.75. The number of aliphatic hydroxyl groups excluding tert-OH is 5. The van der Waals surface area contributed by atoms with E-state index >= 15 is 0 Å². The van der Waals surface area contributed by atoms with E-state index in [9.17, 15) is 20.1 Å². The number of hydrogen-bond donors (Lipinski definition) is 6. The molecule has 0 bridgehead atoms. The minimum absolute atomic E-state index is 0.0862. The number of ketones is 1. The van der Waals surface area contributed by atoms with E-state index < -0.39 is 36.8 Å². The third-order valence-corrected chi connectivity index (χ3v) is 3.08. The second kappa shape index (κ2) is 6.99. The first-order valence-electron chi connectivity index (χ1n) is 5.55. The monoisotopic (exact) mass is 288 g/mol. The number of carbonyl (C=O) groups excluding carboxylic acids is 1. The summed E-state index contributed by atoms with van der Waals surface area (Å²) >= 11 is 4.05. The Morgan fingerprint density at radius 2 is 1.68 bits per heavy atom. The average molecular weight is 288 g/mol. The van der Waals surface area contributed by atoms with Crippen molar-refractivity contribution in [1.29, 1.82) is 0 Å². The maximum Gasteiger partial charge on any atom is 0.195 e. The van der Waals surface area contributed by atoms with Gasteiger partial charge in [0.2, 0.25) is 0 Å². The van der Waals surface area contributed by atoms with Gasteiger partial charge in [-0.25, -0.2) is 0 Å². The fraction of sp³-hybridized carbons (Fsp3) is 0.417.